The Morgan fingerprint density at radius 2 is 1.68 bits per heavy atom. The van der Waals surface area contributed by atoms with E-state index in [1.807, 2.05) is 59.6 Å². The van der Waals surface area contributed by atoms with Crippen molar-refractivity contribution < 1.29 is 9.53 Å². The topological polar surface area (TPSA) is 62.6 Å². The molecule has 1 aromatic heterocycles. The van der Waals surface area contributed by atoms with Gasteiger partial charge in [0.25, 0.3) is 0 Å². The van der Waals surface area contributed by atoms with E-state index in [0.29, 0.717) is 13.1 Å². The predicted molar refractivity (Wildman–Crippen MR) is 109 cm³/mol. The maximum Gasteiger partial charge on any atom is 0.322 e. The monoisotopic (exact) mass is 377 g/mol. The number of para-hydroxylation sites is 4. The van der Waals surface area contributed by atoms with Gasteiger partial charge in [0.1, 0.15) is 5.75 Å². The van der Waals surface area contributed by atoms with Crippen LogP contribution in [0.15, 0.2) is 67.0 Å². The molecule has 0 saturated carbocycles. The van der Waals surface area contributed by atoms with E-state index in [0.717, 1.165) is 35.9 Å². The van der Waals surface area contributed by atoms with Gasteiger partial charge in [0.2, 0.25) is 0 Å². The minimum Gasteiger partial charge on any atom is -0.495 e. The second kappa shape index (κ2) is 8.04. The lowest BCUT2D eigenvalue weighted by molar-refractivity contribution is 0.208. The van der Waals surface area contributed by atoms with Crippen LogP contribution in [-0.2, 0) is 0 Å². The van der Waals surface area contributed by atoms with Crippen LogP contribution in [0.3, 0.4) is 0 Å². The predicted octanol–water partition coefficient (Wildman–Crippen LogP) is 3.24. The van der Waals surface area contributed by atoms with Gasteiger partial charge in [-0.3, -0.25) is 0 Å². The molecule has 0 unspecified atom stereocenters. The molecule has 2 heterocycles. The minimum atomic E-state index is -0.0979. The minimum absolute atomic E-state index is 0.0979. The molecule has 0 aliphatic carbocycles. The Hall–Kier alpha value is -3.48. The summed E-state index contributed by atoms with van der Waals surface area (Å²) in [4.78, 5) is 16.9. The number of carbonyl (C=O) groups excluding carboxylic acids is 1. The highest BCUT2D eigenvalue weighted by molar-refractivity contribution is 5.91. The molecule has 3 aromatic rings. The van der Waals surface area contributed by atoms with Gasteiger partial charge in [-0.25, -0.2) is 9.48 Å². The lowest BCUT2D eigenvalue weighted by Gasteiger charge is -2.36. The summed E-state index contributed by atoms with van der Waals surface area (Å²) in [5.41, 5.74) is 2.64. The summed E-state index contributed by atoms with van der Waals surface area (Å²) in [7, 11) is 1.68. The van der Waals surface area contributed by atoms with Gasteiger partial charge in [-0.2, -0.15) is 5.10 Å². The van der Waals surface area contributed by atoms with Crippen LogP contribution < -0.4 is 15.0 Å². The molecule has 1 saturated heterocycles. The van der Waals surface area contributed by atoms with E-state index in [-0.39, 0.29) is 6.03 Å². The Labute approximate surface area is 164 Å². The Morgan fingerprint density at radius 3 is 2.39 bits per heavy atom. The number of nitrogens with zero attached hydrogens (tertiary/aromatic N) is 4. The summed E-state index contributed by atoms with van der Waals surface area (Å²) >= 11 is 0. The number of hydrogen-bond donors (Lipinski definition) is 1. The SMILES string of the molecule is COc1ccccc1N1CCN(C(=O)Nc2ccccc2-n2cccn2)CC1. The molecule has 1 aliphatic rings. The summed E-state index contributed by atoms with van der Waals surface area (Å²) in [5, 5.41) is 7.29. The van der Waals surface area contributed by atoms with Crippen LogP contribution >= 0.6 is 0 Å². The molecule has 2 amide bonds. The zero-order chi connectivity index (χ0) is 19.3. The molecule has 0 spiro atoms. The third-order valence-electron chi connectivity index (χ3n) is 4.89. The second-order valence-electron chi connectivity index (χ2n) is 6.54. The number of carbonyl (C=O) groups is 1. The molecule has 0 bridgehead atoms. The molecule has 4 rings (SSSR count). The van der Waals surface area contributed by atoms with E-state index in [9.17, 15) is 4.79 Å². The summed E-state index contributed by atoms with van der Waals surface area (Å²) in [6, 6.07) is 17.4. The normalized spacial score (nSPS) is 14.0. The third kappa shape index (κ3) is 3.64. The van der Waals surface area contributed by atoms with Crippen molar-refractivity contribution in [2.24, 2.45) is 0 Å². The Morgan fingerprint density at radius 1 is 0.964 bits per heavy atom. The number of methoxy groups -OCH3 is 1. The van der Waals surface area contributed by atoms with Gasteiger partial charge in [-0.05, 0) is 30.3 Å². The number of urea groups is 1. The van der Waals surface area contributed by atoms with Gasteiger partial charge in [0.15, 0.2) is 0 Å². The Kier molecular flexibility index (Phi) is 5.14. The molecule has 0 radical (unpaired) electrons. The average molecular weight is 377 g/mol. The Balaban J connectivity index is 1.42. The van der Waals surface area contributed by atoms with E-state index >= 15 is 0 Å². The molecule has 7 heteroatoms. The van der Waals surface area contributed by atoms with Crippen molar-refractivity contribution in [3.63, 3.8) is 0 Å². The molecule has 1 N–H and O–H groups in total. The summed E-state index contributed by atoms with van der Waals surface area (Å²) in [6.45, 7) is 2.81. The standard InChI is InChI=1S/C21H23N5O2/c1-28-20-10-5-4-9-19(20)24-13-15-25(16-14-24)21(27)23-17-7-2-3-8-18(17)26-12-6-11-22-26/h2-12H,13-16H2,1H3,(H,23,27). The highest BCUT2D eigenvalue weighted by atomic mass is 16.5. The van der Waals surface area contributed by atoms with Gasteiger partial charge < -0.3 is 19.9 Å². The third-order valence-corrected chi connectivity index (χ3v) is 4.89. The number of aromatic nitrogens is 2. The fraction of sp³-hybridized carbons (Fsp3) is 0.238. The van der Waals surface area contributed by atoms with E-state index in [2.05, 4.69) is 21.4 Å². The number of anilines is 2. The zero-order valence-electron chi connectivity index (χ0n) is 15.8. The number of rotatable bonds is 4. The molecule has 7 nitrogen and oxygen atoms in total. The van der Waals surface area contributed by atoms with Crippen molar-refractivity contribution in [3.05, 3.63) is 67.0 Å². The maximum absolute atomic E-state index is 12.8. The smallest absolute Gasteiger partial charge is 0.322 e. The Bertz CT molecular complexity index is 933. The van der Waals surface area contributed by atoms with E-state index < -0.39 is 0 Å². The van der Waals surface area contributed by atoms with Crippen molar-refractivity contribution in [1.82, 2.24) is 14.7 Å². The van der Waals surface area contributed by atoms with Crippen molar-refractivity contribution in [3.8, 4) is 11.4 Å². The molecule has 144 valence electrons. The first-order valence-electron chi connectivity index (χ1n) is 9.29. The number of ether oxygens (including phenoxy) is 1. The van der Waals surface area contributed by atoms with E-state index in [4.69, 9.17) is 4.74 Å². The van der Waals surface area contributed by atoms with Gasteiger partial charge in [0, 0.05) is 38.6 Å². The van der Waals surface area contributed by atoms with Crippen LogP contribution in [0.4, 0.5) is 16.2 Å². The van der Waals surface area contributed by atoms with Crippen molar-refractivity contribution >= 4 is 17.4 Å². The lowest BCUT2D eigenvalue weighted by Crippen LogP contribution is -2.50. The van der Waals surface area contributed by atoms with Gasteiger partial charge in [0.05, 0.1) is 24.2 Å². The largest absolute Gasteiger partial charge is 0.495 e. The summed E-state index contributed by atoms with van der Waals surface area (Å²) in [6.07, 6.45) is 3.58. The van der Waals surface area contributed by atoms with Crippen LogP contribution in [0.5, 0.6) is 5.75 Å². The van der Waals surface area contributed by atoms with Crippen molar-refractivity contribution in [2.45, 2.75) is 0 Å². The van der Waals surface area contributed by atoms with Crippen molar-refractivity contribution in [1.29, 1.82) is 0 Å². The first-order chi connectivity index (χ1) is 13.8. The number of hydrogen-bond acceptors (Lipinski definition) is 4. The first-order valence-corrected chi connectivity index (χ1v) is 9.29. The highest BCUT2D eigenvalue weighted by Gasteiger charge is 2.23. The molecule has 1 aliphatic heterocycles. The summed E-state index contributed by atoms with van der Waals surface area (Å²) in [5.74, 6) is 0.855. The van der Waals surface area contributed by atoms with Crippen LogP contribution in [0.1, 0.15) is 0 Å². The second-order valence-corrected chi connectivity index (χ2v) is 6.54. The lowest BCUT2D eigenvalue weighted by atomic mass is 10.2. The molecular weight excluding hydrogens is 354 g/mol. The number of piperazine rings is 1. The van der Waals surface area contributed by atoms with Gasteiger partial charge >= 0.3 is 6.03 Å². The first kappa shape index (κ1) is 17.9. The van der Waals surface area contributed by atoms with Crippen LogP contribution in [-0.4, -0.2) is 54.0 Å². The van der Waals surface area contributed by atoms with E-state index in [1.54, 1.807) is 18.0 Å². The number of benzene rings is 2. The maximum atomic E-state index is 12.8. The number of nitrogens with one attached hydrogen (secondary N) is 1. The molecule has 28 heavy (non-hydrogen) atoms. The molecular formula is C21H23N5O2. The van der Waals surface area contributed by atoms with Gasteiger partial charge in [-0.15, -0.1) is 0 Å². The average Bonchev–Trinajstić information content (AvgIpc) is 3.29. The number of amides is 2. The summed E-state index contributed by atoms with van der Waals surface area (Å²) < 4.78 is 7.20. The quantitative estimate of drug-likeness (QED) is 0.758. The van der Waals surface area contributed by atoms with Crippen LogP contribution in [0, 0.1) is 0 Å². The van der Waals surface area contributed by atoms with Crippen LogP contribution in [0.2, 0.25) is 0 Å². The van der Waals surface area contributed by atoms with Crippen molar-refractivity contribution in [2.75, 3.05) is 43.5 Å². The fourth-order valence-corrected chi connectivity index (χ4v) is 3.43. The van der Waals surface area contributed by atoms with E-state index in [1.165, 1.54) is 0 Å². The highest BCUT2D eigenvalue weighted by Crippen LogP contribution is 2.28. The van der Waals surface area contributed by atoms with Gasteiger partial charge in [-0.1, -0.05) is 24.3 Å². The molecule has 2 aromatic carbocycles. The molecule has 1 fully saturated rings. The zero-order valence-corrected chi connectivity index (χ0v) is 15.8. The fourth-order valence-electron chi connectivity index (χ4n) is 3.43. The molecule has 0 atom stereocenters. The van der Waals surface area contributed by atoms with Crippen LogP contribution in [0.25, 0.3) is 5.69 Å².